The number of likely N-dealkylation sites (tertiary alicyclic amines) is 2. The summed E-state index contributed by atoms with van der Waals surface area (Å²) in [6.07, 6.45) is -10.9. The third-order valence-electron chi connectivity index (χ3n) is 7.61. The van der Waals surface area contributed by atoms with Crippen LogP contribution in [0.1, 0.15) is 59.5 Å². The summed E-state index contributed by atoms with van der Waals surface area (Å²) in [5.74, 6) is -1.32. The molecule has 3 N–H and O–H groups in total. The highest BCUT2D eigenvalue weighted by Crippen LogP contribution is 2.51. The number of carbonyl (C=O) groups is 2. The Balaban J connectivity index is 1.78. The topological polar surface area (TPSA) is 114 Å². The molecule has 3 heterocycles. The molecule has 0 bridgehead atoms. The summed E-state index contributed by atoms with van der Waals surface area (Å²) in [7, 11) is 0. The number of rotatable bonds is 5. The number of aliphatic hydroxyl groups is 3. The molecule has 1 aromatic carbocycles. The van der Waals surface area contributed by atoms with E-state index in [1.54, 1.807) is 6.92 Å². The van der Waals surface area contributed by atoms with Crippen molar-refractivity contribution in [2.24, 2.45) is 0 Å². The van der Waals surface area contributed by atoms with Crippen molar-refractivity contribution in [3.8, 4) is 10.4 Å². The first-order valence-corrected chi connectivity index (χ1v) is 13.5. The highest BCUT2D eigenvalue weighted by molar-refractivity contribution is 7.17. The number of aromatic nitrogens is 1. The van der Waals surface area contributed by atoms with E-state index in [2.05, 4.69) is 4.98 Å². The summed E-state index contributed by atoms with van der Waals surface area (Å²) in [4.78, 5) is 33.4. The maximum Gasteiger partial charge on any atom is 0.430 e. The standard InChI is InChI=1S/C25H26ClF6N3O5S/c1-12-5-4-8-35(12)19(36)16-17(41-18(33-16)20(37)34-10-22(39,11-34)21(2,3)38)14-7-6-13(9-15(14)26)23(40,24(27,28)29)25(30,31)32/h6-7,9,12,38-40H,4-5,8,10-11H2,1-3H3/t12-/m0/s1. The molecule has 4 rings (SSSR count). The Morgan fingerprint density at radius 2 is 1.66 bits per heavy atom. The van der Waals surface area contributed by atoms with E-state index in [0.717, 1.165) is 6.07 Å². The van der Waals surface area contributed by atoms with Crippen molar-refractivity contribution in [1.29, 1.82) is 0 Å². The van der Waals surface area contributed by atoms with Crippen LogP contribution in [-0.4, -0.2) is 91.1 Å². The number of alkyl halides is 6. The molecular formula is C25H26ClF6N3O5S. The van der Waals surface area contributed by atoms with Gasteiger partial charge in [-0.1, -0.05) is 23.7 Å². The first-order chi connectivity index (χ1) is 18.6. The monoisotopic (exact) mass is 629 g/mol. The van der Waals surface area contributed by atoms with Gasteiger partial charge in [-0.2, -0.15) is 26.3 Å². The van der Waals surface area contributed by atoms with Gasteiger partial charge in [0.1, 0.15) is 11.3 Å². The molecule has 2 amide bonds. The van der Waals surface area contributed by atoms with Gasteiger partial charge in [0, 0.05) is 28.7 Å². The van der Waals surface area contributed by atoms with Gasteiger partial charge in [0.2, 0.25) is 0 Å². The lowest BCUT2D eigenvalue weighted by Crippen LogP contribution is -2.72. The Morgan fingerprint density at radius 1 is 1.07 bits per heavy atom. The van der Waals surface area contributed by atoms with E-state index >= 15 is 0 Å². The molecule has 0 radical (unpaired) electrons. The molecule has 0 unspecified atom stereocenters. The van der Waals surface area contributed by atoms with Crippen molar-refractivity contribution in [2.75, 3.05) is 19.6 Å². The minimum absolute atomic E-state index is 0.0742. The smallest absolute Gasteiger partial charge is 0.387 e. The van der Waals surface area contributed by atoms with Crippen LogP contribution in [0.15, 0.2) is 18.2 Å². The Morgan fingerprint density at radius 3 is 2.12 bits per heavy atom. The molecule has 2 saturated heterocycles. The second-order valence-corrected chi connectivity index (χ2v) is 12.2. The van der Waals surface area contributed by atoms with Crippen molar-refractivity contribution in [2.45, 2.75) is 68.8 Å². The fourth-order valence-corrected chi connectivity index (χ4v) is 6.17. The van der Waals surface area contributed by atoms with Gasteiger partial charge < -0.3 is 25.1 Å². The zero-order chi connectivity index (χ0) is 30.9. The summed E-state index contributed by atoms with van der Waals surface area (Å²) >= 11 is 6.81. The molecule has 2 aliphatic rings. The van der Waals surface area contributed by atoms with Crippen molar-refractivity contribution in [3.05, 3.63) is 39.5 Å². The first kappa shape index (κ1) is 31.5. The van der Waals surface area contributed by atoms with Gasteiger partial charge in [-0.15, -0.1) is 11.3 Å². The van der Waals surface area contributed by atoms with Crippen LogP contribution in [0.5, 0.6) is 0 Å². The lowest BCUT2D eigenvalue weighted by molar-refractivity contribution is -0.376. The number of hydrogen-bond donors (Lipinski definition) is 3. The number of nitrogens with zero attached hydrogens (tertiary/aromatic N) is 3. The molecule has 2 fully saturated rings. The molecule has 226 valence electrons. The number of hydrogen-bond acceptors (Lipinski definition) is 7. The van der Waals surface area contributed by atoms with E-state index in [1.165, 1.54) is 23.6 Å². The fourth-order valence-electron chi connectivity index (χ4n) is 4.77. The molecule has 1 aromatic heterocycles. The van der Waals surface area contributed by atoms with Gasteiger partial charge in [0.25, 0.3) is 17.4 Å². The largest absolute Gasteiger partial charge is 0.430 e. The average molecular weight is 630 g/mol. The van der Waals surface area contributed by atoms with Crippen LogP contribution >= 0.6 is 22.9 Å². The van der Waals surface area contributed by atoms with Crippen LogP contribution in [0.25, 0.3) is 10.4 Å². The number of halogens is 7. The molecule has 0 saturated carbocycles. The number of carbonyl (C=O) groups excluding carboxylic acids is 2. The van der Waals surface area contributed by atoms with Gasteiger partial charge in [0.15, 0.2) is 5.01 Å². The molecule has 0 aliphatic carbocycles. The van der Waals surface area contributed by atoms with Crippen LogP contribution in [-0.2, 0) is 5.60 Å². The number of amides is 2. The fraction of sp³-hybridized carbons (Fsp3) is 0.560. The molecule has 0 spiro atoms. The van der Waals surface area contributed by atoms with Gasteiger partial charge in [0.05, 0.1) is 23.6 Å². The van der Waals surface area contributed by atoms with Crippen molar-refractivity contribution >= 4 is 34.8 Å². The molecule has 16 heteroatoms. The van der Waals surface area contributed by atoms with Crippen LogP contribution in [0.4, 0.5) is 26.3 Å². The van der Waals surface area contributed by atoms with Crippen LogP contribution in [0, 0.1) is 0 Å². The Labute approximate surface area is 239 Å². The van der Waals surface area contributed by atoms with Crippen LogP contribution in [0.2, 0.25) is 5.02 Å². The Hall–Kier alpha value is -2.46. The Kier molecular flexibility index (Phi) is 7.73. The van der Waals surface area contributed by atoms with Crippen molar-refractivity contribution in [3.63, 3.8) is 0 Å². The molecule has 2 aromatic rings. The Bertz CT molecular complexity index is 1350. The highest BCUT2D eigenvalue weighted by Gasteiger charge is 2.71. The second kappa shape index (κ2) is 10.1. The van der Waals surface area contributed by atoms with Gasteiger partial charge in [-0.25, -0.2) is 4.98 Å². The van der Waals surface area contributed by atoms with Crippen LogP contribution < -0.4 is 0 Å². The molecule has 8 nitrogen and oxygen atoms in total. The normalized spacial score (nSPS) is 19.9. The molecular weight excluding hydrogens is 604 g/mol. The van der Waals surface area contributed by atoms with E-state index in [0.29, 0.717) is 42.9 Å². The van der Waals surface area contributed by atoms with Gasteiger partial charge in [-0.3, -0.25) is 9.59 Å². The van der Waals surface area contributed by atoms with Gasteiger partial charge in [-0.05, 0) is 39.7 Å². The highest BCUT2D eigenvalue weighted by atomic mass is 35.5. The summed E-state index contributed by atoms with van der Waals surface area (Å²) < 4.78 is 80.5. The predicted octanol–water partition coefficient (Wildman–Crippen LogP) is 4.36. The number of benzene rings is 1. The third-order valence-corrected chi connectivity index (χ3v) is 9.00. The summed E-state index contributed by atoms with van der Waals surface area (Å²) in [5.41, 5.74) is -10.4. The minimum Gasteiger partial charge on any atom is -0.387 e. The zero-order valence-corrected chi connectivity index (χ0v) is 23.5. The van der Waals surface area contributed by atoms with Crippen LogP contribution in [0.3, 0.4) is 0 Å². The summed E-state index contributed by atoms with van der Waals surface area (Å²) in [5, 5.41) is 29.6. The second-order valence-electron chi connectivity index (χ2n) is 10.8. The lowest BCUT2D eigenvalue weighted by Gasteiger charge is -2.52. The third kappa shape index (κ3) is 5.19. The first-order valence-electron chi connectivity index (χ1n) is 12.3. The average Bonchev–Trinajstić information content (AvgIpc) is 3.45. The number of β-amino-alcohol motifs (C(OH)–C–C–N with tert-alkyl or cyclic N) is 1. The van der Waals surface area contributed by atoms with Crippen molar-refractivity contribution in [1.82, 2.24) is 14.8 Å². The van der Waals surface area contributed by atoms with E-state index in [9.17, 15) is 51.3 Å². The summed E-state index contributed by atoms with van der Waals surface area (Å²) in [6.45, 7) is 4.39. The van der Waals surface area contributed by atoms with E-state index < -0.39 is 51.6 Å². The maximum absolute atomic E-state index is 13.5. The van der Waals surface area contributed by atoms with E-state index in [1.807, 2.05) is 0 Å². The SMILES string of the molecule is C[C@H]1CCCN1C(=O)c1nc(C(=O)N2CC(O)(C(C)(C)O)C2)sc1-c1ccc(C(O)(C(F)(F)F)C(F)(F)F)cc1Cl. The zero-order valence-electron chi connectivity index (χ0n) is 21.9. The maximum atomic E-state index is 13.5. The minimum atomic E-state index is -6.13. The van der Waals surface area contributed by atoms with Gasteiger partial charge >= 0.3 is 12.4 Å². The van der Waals surface area contributed by atoms with E-state index in [-0.39, 0.29) is 40.3 Å². The van der Waals surface area contributed by atoms with Crippen molar-refractivity contribution < 1.29 is 51.3 Å². The summed E-state index contributed by atoms with van der Waals surface area (Å²) in [6, 6.07) is 1.31. The molecule has 1 atom stereocenters. The van der Waals surface area contributed by atoms with E-state index in [4.69, 9.17) is 11.6 Å². The molecule has 41 heavy (non-hydrogen) atoms. The number of thiazole rings is 1. The quantitative estimate of drug-likeness (QED) is 0.424. The lowest BCUT2D eigenvalue weighted by atomic mass is 9.79. The predicted molar refractivity (Wildman–Crippen MR) is 135 cm³/mol. The molecule has 2 aliphatic heterocycles.